The van der Waals surface area contributed by atoms with Crippen LogP contribution in [0.25, 0.3) is 16.6 Å². The number of aromatic amines is 4. The van der Waals surface area contributed by atoms with Gasteiger partial charge in [0.1, 0.15) is 39.7 Å². The van der Waals surface area contributed by atoms with E-state index in [0.29, 0.717) is 28.1 Å². The fourth-order valence-corrected chi connectivity index (χ4v) is 6.92. The van der Waals surface area contributed by atoms with Crippen LogP contribution >= 0.6 is 0 Å². The van der Waals surface area contributed by atoms with Crippen molar-refractivity contribution in [2.45, 2.75) is 128 Å². The van der Waals surface area contributed by atoms with E-state index >= 15 is 0 Å². The molecule has 8 heterocycles. The van der Waals surface area contributed by atoms with Gasteiger partial charge >= 0.3 is 7.12 Å². The summed E-state index contributed by atoms with van der Waals surface area (Å²) in [5, 5.41) is 19.2. The number of nitrogens with two attached hydrogens (primary N) is 1. The first kappa shape index (κ1) is 49.6. The molecule has 0 atom stereocenters. The van der Waals surface area contributed by atoms with Gasteiger partial charge in [-0.05, 0) is 157 Å². The van der Waals surface area contributed by atoms with E-state index in [1.165, 1.54) is 0 Å². The Kier molecular flexibility index (Phi) is 15.4. The van der Waals surface area contributed by atoms with Gasteiger partial charge in [0.2, 0.25) is 0 Å². The predicted molar refractivity (Wildman–Crippen MR) is 245 cm³/mol. The maximum Gasteiger partial charge on any atom is 0.512 e. The number of nitrogens with one attached hydrogen (secondary N) is 5. The second kappa shape index (κ2) is 19.5. The number of aryl methyl sites for hydroxylation is 8. The monoisotopic (exact) mass is 871 g/mol. The van der Waals surface area contributed by atoms with Crippen LogP contribution in [0.3, 0.4) is 0 Å². The SMILES string of the molecule is CCOC(C)(C)C.Cc1cc(B2OC(C)(C)C(C)(C)O2)n2c(C)n[nH]c(=O)c12.Cc1cc(C)n2c(C)n[nH]c(=O)c12.Cc1cc[nH]c1C(=O)NN.Cc1ccn2c(C)n[nH]c(=O)c12. The highest BCUT2D eigenvalue weighted by Crippen LogP contribution is 2.36. The summed E-state index contributed by atoms with van der Waals surface area (Å²) in [5.74, 6) is 6.92. The first-order valence-electron chi connectivity index (χ1n) is 20.5. The topological polar surface area (TPSA) is 249 Å². The molecule has 1 amide bonds. The molecule has 0 bridgehead atoms. The number of nitrogen functional groups attached to an aromatic ring is 1. The molecule has 20 heteroatoms. The number of rotatable bonds is 3. The summed E-state index contributed by atoms with van der Waals surface area (Å²) in [6.07, 6.45) is 3.54. The number of H-pyrrole nitrogens is 4. The number of hydrogen-bond acceptors (Lipinski definition) is 11. The van der Waals surface area contributed by atoms with Crippen molar-refractivity contribution in [3.8, 4) is 0 Å². The molecular weight excluding hydrogens is 807 g/mol. The van der Waals surface area contributed by atoms with Crippen molar-refractivity contribution < 1.29 is 18.8 Å². The summed E-state index contributed by atoms with van der Waals surface area (Å²) in [7, 11) is -0.515. The second-order valence-electron chi connectivity index (χ2n) is 17.2. The van der Waals surface area contributed by atoms with Gasteiger partial charge in [-0.25, -0.2) is 21.1 Å². The Morgan fingerprint density at radius 2 is 1.24 bits per heavy atom. The van der Waals surface area contributed by atoms with Crippen molar-refractivity contribution in [3.05, 3.63) is 119 Å². The maximum absolute atomic E-state index is 12.0. The molecule has 19 nitrogen and oxygen atoms in total. The van der Waals surface area contributed by atoms with Crippen LogP contribution in [0, 0.1) is 55.4 Å². The van der Waals surface area contributed by atoms with Crippen molar-refractivity contribution in [2.24, 2.45) is 5.84 Å². The Hall–Kier alpha value is -6.09. The minimum Gasteiger partial charge on any atom is -0.398 e. The molecule has 1 aliphatic rings. The van der Waals surface area contributed by atoms with Crippen LogP contribution < -0.4 is 33.5 Å². The lowest BCUT2D eigenvalue weighted by atomic mass is 9.84. The van der Waals surface area contributed by atoms with E-state index in [4.69, 9.17) is 19.9 Å². The fourth-order valence-electron chi connectivity index (χ4n) is 6.92. The lowest BCUT2D eigenvalue weighted by Crippen LogP contribution is -2.41. The van der Waals surface area contributed by atoms with Crippen LogP contribution in [0.2, 0.25) is 0 Å². The standard InChI is InChI=1S/C14H20BN3O3.C9H11N3O.C8H9N3O.C6H9N3O.C6H14O/c1-8-7-10(15-20-13(3,4)14(5,6)21-15)18-9(2)16-17-12(19)11(8)18;1-5-4-6(2)12-7(3)10-11-9(13)8(5)12;1-5-3-4-11-6(2)9-10-8(12)7(5)11;1-4-2-3-8-5(4)6(10)9-7;1-5-7-6(2,3)4/h7H,1-6H3,(H,17,19);4H,1-3H3,(H,11,13);3-4H,1-2H3,(H,10,12);2-3,8H,7H2,1H3,(H,9,10);5H2,1-4H3. The van der Waals surface area contributed by atoms with Crippen LogP contribution in [0.5, 0.6) is 0 Å². The first-order chi connectivity index (χ1) is 29.3. The Balaban J connectivity index is 0.000000182. The molecule has 7 N–H and O–H groups in total. The molecule has 340 valence electrons. The first-order valence-corrected chi connectivity index (χ1v) is 20.5. The van der Waals surface area contributed by atoms with Crippen molar-refractivity contribution in [1.82, 2.24) is 54.2 Å². The molecule has 0 aliphatic carbocycles. The number of carbonyl (C=O) groups is 1. The van der Waals surface area contributed by atoms with E-state index in [0.717, 1.165) is 51.8 Å². The molecule has 0 saturated carbocycles. The number of carbonyl (C=O) groups excluding carboxylic acids is 1. The molecule has 63 heavy (non-hydrogen) atoms. The number of nitrogens with zero attached hydrogens (tertiary/aromatic N) is 6. The van der Waals surface area contributed by atoms with Gasteiger partial charge in [0.05, 0.1) is 22.4 Å². The molecular formula is C43H63BN12O7. The van der Waals surface area contributed by atoms with Gasteiger partial charge in [0, 0.05) is 24.7 Å². The van der Waals surface area contributed by atoms with E-state index in [1.54, 1.807) is 10.6 Å². The Morgan fingerprint density at radius 1 is 0.746 bits per heavy atom. The molecule has 8 rings (SSSR count). The normalized spacial score (nSPS) is 14.0. The Morgan fingerprint density at radius 3 is 1.68 bits per heavy atom. The van der Waals surface area contributed by atoms with E-state index < -0.39 is 18.3 Å². The highest BCUT2D eigenvalue weighted by Gasteiger charge is 2.52. The lowest BCUT2D eigenvalue weighted by molar-refractivity contribution is 0.00531. The smallest absolute Gasteiger partial charge is 0.398 e. The van der Waals surface area contributed by atoms with Gasteiger partial charge in [-0.2, -0.15) is 15.3 Å². The van der Waals surface area contributed by atoms with E-state index in [-0.39, 0.29) is 28.2 Å². The summed E-state index contributed by atoms with van der Waals surface area (Å²) in [6.45, 7) is 32.1. The Bertz CT molecular complexity index is 2870. The second-order valence-corrected chi connectivity index (χ2v) is 17.2. The van der Waals surface area contributed by atoms with Crippen LogP contribution in [0.15, 0.2) is 51.0 Å². The minimum atomic E-state index is -0.515. The van der Waals surface area contributed by atoms with Gasteiger partial charge in [-0.3, -0.25) is 37.8 Å². The highest BCUT2D eigenvalue weighted by atomic mass is 16.7. The zero-order valence-corrected chi connectivity index (χ0v) is 39.4. The summed E-state index contributed by atoms with van der Waals surface area (Å²) < 4.78 is 22.9. The molecule has 1 saturated heterocycles. The van der Waals surface area contributed by atoms with Crippen LogP contribution in [-0.4, -0.2) is 85.2 Å². The van der Waals surface area contributed by atoms with Crippen LogP contribution in [-0.2, 0) is 14.0 Å². The molecule has 7 aromatic rings. The Labute approximate surface area is 366 Å². The number of ether oxygens (including phenoxy) is 1. The number of hydrogen-bond donors (Lipinski definition) is 6. The highest BCUT2D eigenvalue weighted by molar-refractivity contribution is 6.61. The minimum absolute atomic E-state index is 0.0503. The molecule has 0 radical (unpaired) electrons. The predicted octanol–water partition coefficient (Wildman–Crippen LogP) is 4.27. The average Bonchev–Trinajstić information content (AvgIpc) is 4.00. The fraction of sp³-hybridized carbons (Fsp3) is 0.465. The molecule has 0 aromatic carbocycles. The molecule has 1 aliphatic heterocycles. The largest absolute Gasteiger partial charge is 0.512 e. The van der Waals surface area contributed by atoms with Crippen molar-refractivity contribution in [3.63, 3.8) is 0 Å². The van der Waals surface area contributed by atoms with Crippen LogP contribution in [0.4, 0.5) is 0 Å². The van der Waals surface area contributed by atoms with E-state index in [2.05, 4.69) is 56.3 Å². The molecule has 1 fully saturated rings. The van der Waals surface area contributed by atoms with Gasteiger partial charge < -0.3 is 19.0 Å². The summed E-state index contributed by atoms with van der Waals surface area (Å²) in [4.78, 5) is 48.3. The lowest BCUT2D eigenvalue weighted by Gasteiger charge is -2.32. The van der Waals surface area contributed by atoms with Crippen molar-refractivity contribution in [1.29, 1.82) is 0 Å². The summed E-state index contributed by atoms with van der Waals surface area (Å²) >= 11 is 0. The number of hydrazine groups is 1. The van der Waals surface area contributed by atoms with E-state index in [1.807, 2.05) is 135 Å². The summed E-state index contributed by atoms with van der Waals surface area (Å²) in [5.41, 5.74) is 8.85. The van der Waals surface area contributed by atoms with Gasteiger partial charge in [-0.1, -0.05) is 0 Å². The molecule has 0 spiro atoms. The molecule has 0 unspecified atom stereocenters. The van der Waals surface area contributed by atoms with Crippen molar-refractivity contribution >= 4 is 35.2 Å². The quantitative estimate of drug-likeness (QED) is 0.0633. The number of fused-ring (bicyclic) bond motifs is 3. The van der Waals surface area contributed by atoms with Gasteiger partial charge in [0.15, 0.2) is 0 Å². The molecule has 7 aromatic heterocycles. The third-order valence-electron chi connectivity index (χ3n) is 10.7. The zero-order chi connectivity index (χ0) is 47.4. The maximum atomic E-state index is 12.0. The number of amides is 1. The van der Waals surface area contributed by atoms with Gasteiger partial charge in [0.25, 0.3) is 22.6 Å². The van der Waals surface area contributed by atoms with Crippen LogP contribution in [0.1, 0.15) is 111 Å². The summed E-state index contributed by atoms with van der Waals surface area (Å²) in [6, 6.07) is 7.63. The zero-order valence-electron chi connectivity index (χ0n) is 39.4. The average molecular weight is 871 g/mol. The third-order valence-corrected chi connectivity index (χ3v) is 10.7. The van der Waals surface area contributed by atoms with Gasteiger partial charge in [-0.15, -0.1) is 0 Å². The number of aromatic nitrogens is 10. The van der Waals surface area contributed by atoms with E-state index in [9.17, 15) is 19.2 Å². The van der Waals surface area contributed by atoms with Crippen molar-refractivity contribution in [2.75, 3.05) is 6.61 Å². The third kappa shape index (κ3) is 11.1.